The van der Waals surface area contributed by atoms with E-state index in [0.29, 0.717) is 5.02 Å². The molecule has 0 heterocycles. The molecule has 0 fully saturated rings. The smallest absolute Gasteiger partial charge is 0.340 e. The van der Waals surface area contributed by atoms with Crippen LogP contribution in [0.15, 0.2) is 66.1 Å². The lowest BCUT2D eigenvalue weighted by molar-refractivity contribution is 0.0601. The Labute approximate surface area is 146 Å². The maximum absolute atomic E-state index is 13.0. The Bertz CT molecular complexity index is 847. The Balaban J connectivity index is 2.60. The lowest BCUT2D eigenvalue weighted by atomic mass is 10.2. The van der Waals surface area contributed by atoms with E-state index in [9.17, 15) is 13.2 Å². The SMILES string of the molecule is C=CCN(c1ccccc1C(=O)OC)S(=O)(=O)c1ccc(Cl)cc1. The number of sulfonamides is 1. The first-order chi connectivity index (χ1) is 11.4. The first-order valence-electron chi connectivity index (χ1n) is 6.98. The number of anilines is 1. The van der Waals surface area contributed by atoms with E-state index in [1.54, 1.807) is 18.2 Å². The first kappa shape index (κ1) is 18.0. The van der Waals surface area contributed by atoms with E-state index in [2.05, 4.69) is 6.58 Å². The number of hydrogen-bond donors (Lipinski definition) is 0. The Hall–Kier alpha value is -2.31. The molecular formula is C17H16ClNO4S. The Morgan fingerprint density at radius 3 is 2.42 bits per heavy atom. The third kappa shape index (κ3) is 3.60. The second kappa shape index (κ2) is 7.51. The van der Waals surface area contributed by atoms with Gasteiger partial charge in [-0.2, -0.15) is 0 Å². The molecule has 0 radical (unpaired) electrons. The van der Waals surface area contributed by atoms with Gasteiger partial charge in [-0.15, -0.1) is 6.58 Å². The van der Waals surface area contributed by atoms with Crippen molar-refractivity contribution in [2.75, 3.05) is 18.0 Å². The zero-order chi connectivity index (χ0) is 17.7. The summed E-state index contributed by atoms with van der Waals surface area (Å²) in [6.45, 7) is 3.60. The van der Waals surface area contributed by atoms with Gasteiger partial charge in [-0.1, -0.05) is 29.8 Å². The van der Waals surface area contributed by atoms with E-state index in [1.165, 1.54) is 43.5 Å². The van der Waals surface area contributed by atoms with Crippen LogP contribution in [-0.4, -0.2) is 28.0 Å². The number of nitrogens with zero attached hydrogens (tertiary/aromatic N) is 1. The molecule has 126 valence electrons. The van der Waals surface area contributed by atoms with Gasteiger partial charge in [0.05, 0.1) is 29.8 Å². The molecular weight excluding hydrogens is 350 g/mol. The number of para-hydroxylation sites is 1. The van der Waals surface area contributed by atoms with Crippen LogP contribution >= 0.6 is 11.6 Å². The molecule has 0 atom stereocenters. The van der Waals surface area contributed by atoms with Crippen LogP contribution in [0.5, 0.6) is 0 Å². The van der Waals surface area contributed by atoms with E-state index in [0.717, 1.165) is 4.31 Å². The molecule has 0 aromatic heterocycles. The van der Waals surface area contributed by atoms with Gasteiger partial charge >= 0.3 is 5.97 Å². The lowest BCUT2D eigenvalue weighted by Gasteiger charge is -2.25. The van der Waals surface area contributed by atoms with Crippen molar-refractivity contribution < 1.29 is 17.9 Å². The van der Waals surface area contributed by atoms with Crippen molar-refractivity contribution in [1.29, 1.82) is 0 Å². The summed E-state index contributed by atoms with van der Waals surface area (Å²) in [7, 11) is -2.66. The van der Waals surface area contributed by atoms with Gasteiger partial charge in [0.1, 0.15) is 0 Å². The maximum Gasteiger partial charge on any atom is 0.340 e. The molecule has 24 heavy (non-hydrogen) atoms. The molecule has 0 aliphatic carbocycles. The van der Waals surface area contributed by atoms with E-state index in [-0.39, 0.29) is 22.7 Å². The van der Waals surface area contributed by atoms with Crippen molar-refractivity contribution in [3.8, 4) is 0 Å². The summed E-state index contributed by atoms with van der Waals surface area (Å²) in [5.74, 6) is -0.619. The number of hydrogen-bond acceptors (Lipinski definition) is 4. The highest BCUT2D eigenvalue weighted by molar-refractivity contribution is 7.92. The largest absolute Gasteiger partial charge is 0.465 e. The highest BCUT2D eigenvalue weighted by Gasteiger charge is 2.27. The van der Waals surface area contributed by atoms with Crippen molar-refractivity contribution in [3.63, 3.8) is 0 Å². The second-order valence-electron chi connectivity index (χ2n) is 4.79. The summed E-state index contributed by atoms with van der Waals surface area (Å²) < 4.78 is 31.8. The molecule has 0 unspecified atom stereocenters. The minimum Gasteiger partial charge on any atom is -0.465 e. The Kier molecular flexibility index (Phi) is 5.64. The number of methoxy groups -OCH3 is 1. The average Bonchev–Trinajstić information content (AvgIpc) is 2.59. The normalized spacial score (nSPS) is 10.9. The second-order valence-corrected chi connectivity index (χ2v) is 7.09. The highest BCUT2D eigenvalue weighted by Crippen LogP contribution is 2.28. The Morgan fingerprint density at radius 2 is 1.83 bits per heavy atom. The van der Waals surface area contributed by atoms with Gasteiger partial charge in [-0.25, -0.2) is 13.2 Å². The predicted molar refractivity (Wildman–Crippen MR) is 94.0 cm³/mol. The molecule has 0 bridgehead atoms. The van der Waals surface area contributed by atoms with Gasteiger partial charge in [0, 0.05) is 5.02 Å². The summed E-state index contributed by atoms with van der Waals surface area (Å²) >= 11 is 5.82. The fourth-order valence-electron chi connectivity index (χ4n) is 2.15. The monoisotopic (exact) mass is 365 g/mol. The molecule has 7 heteroatoms. The number of halogens is 1. The lowest BCUT2D eigenvalue weighted by Crippen LogP contribution is -2.32. The summed E-state index contributed by atoms with van der Waals surface area (Å²) in [4.78, 5) is 12.0. The maximum atomic E-state index is 13.0. The van der Waals surface area contributed by atoms with E-state index in [1.807, 2.05) is 0 Å². The molecule has 0 aliphatic heterocycles. The fourth-order valence-corrected chi connectivity index (χ4v) is 3.73. The molecule has 0 N–H and O–H groups in total. The quantitative estimate of drug-likeness (QED) is 0.580. The number of benzene rings is 2. The molecule has 2 rings (SSSR count). The van der Waals surface area contributed by atoms with E-state index < -0.39 is 16.0 Å². The number of carbonyl (C=O) groups is 1. The van der Waals surface area contributed by atoms with Gasteiger partial charge in [-0.05, 0) is 36.4 Å². The van der Waals surface area contributed by atoms with E-state index in [4.69, 9.17) is 16.3 Å². The van der Waals surface area contributed by atoms with Crippen LogP contribution in [0.1, 0.15) is 10.4 Å². The van der Waals surface area contributed by atoms with Crippen LogP contribution < -0.4 is 4.31 Å². The number of ether oxygens (including phenoxy) is 1. The van der Waals surface area contributed by atoms with Gasteiger partial charge in [0.15, 0.2) is 0 Å². The van der Waals surface area contributed by atoms with Crippen LogP contribution in [0.25, 0.3) is 0 Å². The predicted octanol–water partition coefficient (Wildman–Crippen LogP) is 3.51. The first-order valence-corrected chi connectivity index (χ1v) is 8.80. The molecule has 5 nitrogen and oxygen atoms in total. The van der Waals surface area contributed by atoms with Crippen molar-refractivity contribution in [2.24, 2.45) is 0 Å². The third-order valence-electron chi connectivity index (χ3n) is 3.27. The van der Waals surface area contributed by atoms with Crippen LogP contribution in [0.2, 0.25) is 5.02 Å². The number of esters is 1. The minimum atomic E-state index is -3.90. The van der Waals surface area contributed by atoms with Crippen LogP contribution in [0.3, 0.4) is 0 Å². The topological polar surface area (TPSA) is 63.7 Å². The van der Waals surface area contributed by atoms with Crippen molar-refractivity contribution in [1.82, 2.24) is 0 Å². The summed E-state index contributed by atoms with van der Waals surface area (Å²) in [6, 6.07) is 12.1. The zero-order valence-electron chi connectivity index (χ0n) is 13.0. The van der Waals surface area contributed by atoms with Gasteiger partial charge in [0.25, 0.3) is 10.0 Å². The van der Waals surface area contributed by atoms with Gasteiger partial charge in [-0.3, -0.25) is 4.31 Å². The van der Waals surface area contributed by atoms with Crippen LogP contribution in [0, 0.1) is 0 Å². The molecule has 0 spiro atoms. The molecule has 0 saturated carbocycles. The van der Waals surface area contributed by atoms with Crippen molar-refractivity contribution >= 4 is 33.3 Å². The zero-order valence-corrected chi connectivity index (χ0v) is 14.5. The van der Waals surface area contributed by atoms with Crippen molar-refractivity contribution in [3.05, 3.63) is 71.8 Å². The fraction of sp³-hybridized carbons (Fsp3) is 0.118. The number of carbonyl (C=O) groups excluding carboxylic acids is 1. The van der Waals surface area contributed by atoms with Gasteiger partial charge < -0.3 is 4.74 Å². The van der Waals surface area contributed by atoms with Crippen LogP contribution in [0.4, 0.5) is 5.69 Å². The minimum absolute atomic E-state index is 0.00102. The highest BCUT2D eigenvalue weighted by atomic mass is 35.5. The van der Waals surface area contributed by atoms with Crippen LogP contribution in [-0.2, 0) is 14.8 Å². The molecule has 2 aromatic rings. The standard InChI is InChI=1S/C17H16ClNO4S/c1-3-12-19(16-7-5-4-6-15(16)17(20)23-2)24(21,22)14-10-8-13(18)9-11-14/h3-11H,1,12H2,2H3. The Morgan fingerprint density at radius 1 is 1.21 bits per heavy atom. The van der Waals surface area contributed by atoms with E-state index >= 15 is 0 Å². The molecule has 0 amide bonds. The molecule has 0 saturated heterocycles. The average molecular weight is 366 g/mol. The summed E-state index contributed by atoms with van der Waals surface area (Å²) in [6.07, 6.45) is 1.45. The van der Waals surface area contributed by atoms with Gasteiger partial charge in [0.2, 0.25) is 0 Å². The summed E-state index contributed by atoms with van der Waals surface area (Å²) in [5.41, 5.74) is 0.374. The van der Waals surface area contributed by atoms with Crippen molar-refractivity contribution in [2.45, 2.75) is 4.90 Å². The third-order valence-corrected chi connectivity index (χ3v) is 5.32. The molecule has 0 aliphatic rings. The molecule has 2 aromatic carbocycles. The number of rotatable bonds is 6. The summed E-state index contributed by atoms with van der Waals surface area (Å²) in [5, 5.41) is 0.430.